The van der Waals surface area contributed by atoms with E-state index in [1.54, 1.807) is 12.1 Å². The second-order valence-electron chi connectivity index (χ2n) is 10.9. The number of rotatable bonds is 19. The van der Waals surface area contributed by atoms with Crippen molar-refractivity contribution in [3.8, 4) is 0 Å². The third-order valence-corrected chi connectivity index (χ3v) is 7.26. The van der Waals surface area contributed by atoms with Crippen LogP contribution in [0, 0.1) is 5.92 Å². The monoisotopic (exact) mass is 613 g/mol. The molecule has 3 rings (SSSR count). The average Bonchev–Trinajstić information content (AvgIpc) is 3.04. The van der Waals surface area contributed by atoms with Gasteiger partial charge in [-0.1, -0.05) is 72.8 Å². The Kier molecular flexibility index (Phi) is 14.5. The van der Waals surface area contributed by atoms with Crippen LogP contribution in [-0.4, -0.2) is 54.1 Å². The highest BCUT2D eigenvalue weighted by Crippen LogP contribution is 2.19. The zero-order valence-electron chi connectivity index (χ0n) is 25.6. The van der Waals surface area contributed by atoms with E-state index in [9.17, 15) is 24.3 Å². The molecule has 9 nitrogen and oxygen atoms in total. The van der Waals surface area contributed by atoms with E-state index in [-0.39, 0.29) is 32.5 Å². The van der Waals surface area contributed by atoms with Crippen LogP contribution in [0.1, 0.15) is 44.1 Å². The van der Waals surface area contributed by atoms with Crippen LogP contribution in [0.3, 0.4) is 0 Å². The number of fused-ring (bicyclic) bond motifs is 1. The molecule has 0 heterocycles. The number of amides is 3. The minimum atomic E-state index is -1.21. The molecular weight excluding hydrogens is 570 g/mol. The molecule has 3 aromatic rings. The Balaban J connectivity index is 1.68. The van der Waals surface area contributed by atoms with Crippen molar-refractivity contribution < 1.29 is 29.0 Å². The maximum atomic E-state index is 13.4. The van der Waals surface area contributed by atoms with Crippen LogP contribution in [0.25, 0.3) is 10.8 Å². The lowest BCUT2D eigenvalue weighted by Gasteiger charge is -2.23. The van der Waals surface area contributed by atoms with Crippen LogP contribution in [-0.2, 0) is 30.3 Å². The summed E-state index contributed by atoms with van der Waals surface area (Å²) in [7, 11) is 0. The summed E-state index contributed by atoms with van der Waals surface area (Å²) in [5.41, 5.74) is 1.47. The maximum Gasteiger partial charge on any atom is 0.305 e. The van der Waals surface area contributed by atoms with Crippen LogP contribution < -0.4 is 16.0 Å². The summed E-state index contributed by atoms with van der Waals surface area (Å²) in [6.45, 7) is 6.74. The fourth-order valence-corrected chi connectivity index (χ4v) is 4.83. The molecule has 238 valence electrons. The first kappa shape index (κ1) is 34.7. The molecule has 3 atom stereocenters. The second-order valence-corrected chi connectivity index (χ2v) is 10.9. The predicted octanol–water partition coefficient (Wildman–Crippen LogP) is 4.85. The van der Waals surface area contributed by atoms with Crippen LogP contribution in [0.5, 0.6) is 0 Å². The molecule has 3 amide bonds. The first-order valence-electron chi connectivity index (χ1n) is 15.2. The number of hydrogen-bond donors (Lipinski definition) is 4. The Hall–Kier alpha value is -4.76. The van der Waals surface area contributed by atoms with Crippen molar-refractivity contribution in [1.82, 2.24) is 10.6 Å². The molecule has 0 unspecified atom stereocenters. The fourth-order valence-electron chi connectivity index (χ4n) is 4.83. The minimum absolute atomic E-state index is 0.170. The molecule has 45 heavy (non-hydrogen) atoms. The van der Waals surface area contributed by atoms with Gasteiger partial charge in [0.1, 0.15) is 12.6 Å². The van der Waals surface area contributed by atoms with Gasteiger partial charge in [-0.05, 0) is 60.6 Å². The van der Waals surface area contributed by atoms with Gasteiger partial charge in [-0.3, -0.25) is 19.2 Å². The van der Waals surface area contributed by atoms with E-state index in [1.807, 2.05) is 66.7 Å². The number of benzene rings is 3. The molecule has 0 aliphatic heterocycles. The van der Waals surface area contributed by atoms with E-state index < -0.39 is 41.7 Å². The molecule has 3 aromatic carbocycles. The number of unbranched alkanes of at least 4 members (excludes halogenated alkanes) is 2. The first-order chi connectivity index (χ1) is 21.8. The van der Waals surface area contributed by atoms with Gasteiger partial charge in [-0.15, -0.1) is 13.2 Å². The molecule has 0 spiro atoms. The Morgan fingerprint density at radius 3 is 2.29 bits per heavy atom. The number of carbonyl (C=O) groups excluding carboxylic acids is 4. The Morgan fingerprint density at radius 1 is 0.844 bits per heavy atom. The number of hydrogen-bond acceptors (Lipinski definition) is 6. The van der Waals surface area contributed by atoms with Crippen molar-refractivity contribution in [1.29, 1.82) is 0 Å². The van der Waals surface area contributed by atoms with Gasteiger partial charge in [0.25, 0.3) is 5.91 Å². The van der Waals surface area contributed by atoms with Crippen LogP contribution in [0.15, 0.2) is 98.1 Å². The van der Waals surface area contributed by atoms with Gasteiger partial charge < -0.3 is 25.8 Å². The van der Waals surface area contributed by atoms with Gasteiger partial charge in [0.05, 0.1) is 18.6 Å². The Morgan fingerprint density at radius 2 is 1.58 bits per heavy atom. The number of aliphatic hydroxyl groups is 1. The van der Waals surface area contributed by atoms with Crippen molar-refractivity contribution in [2.24, 2.45) is 5.92 Å². The molecule has 0 aliphatic carbocycles. The van der Waals surface area contributed by atoms with Gasteiger partial charge in [0, 0.05) is 18.5 Å². The smallest absolute Gasteiger partial charge is 0.305 e. The van der Waals surface area contributed by atoms with E-state index in [1.165, 1.54) is 6.08 Å². The van der Waals surface area contributed by atoms with Gasteiger partial charge in [-0.2, -0.15) is 0 Å². The molecule has 0 aromatic heterocycles. The number of esters is 1. The lowest BCUT2D eigenvalue weighted by atomic mass is 9.98. The quantitative estimate of drug-likeness (QED) is 0.0868. The van der Waals surface area contributed by atoms with Crippen molar-refractivity contribution in [3.63, 3.8) is 0 Å². The highest BCUT2D eigenvalue weighted by molar-refractivity contribution is 5.99. The molecule has 0 aliphatic rings. The zero-order valence-corrected chi connectivity index (χ0v) is 25.6. The van der Waals surface area contributed by atoms with Crippen molar-refractivity contribution in [2.75, 3.05) is 18.5 Å². The molecule has 9 heteroatoms. The van der Waals surface area contributed by atoms with Gasteiger partial charge in [-0.25, -0.2) is 0 Å². The molecule has 0 radical (unpaired) electrons. The van der Waals surface area contributed by atoms with E-state index in [2.05, 4.69) is 29.1 Å². The highest BCUT2D eigenvalue weighted by Gasteiger charge is 2.28. The second kappa shape index (κ2) is 18.8. The molecule has 0 saturated heterocycles. The number of nitrogens with one attached hydrogen (secondary N) is 3. The van der Waals surface area contributed by atoms with Crippen molar-refractivity contribution in [2.45, 2.75) is 57.0 Å². The zero-order chi connectivity index (χ0) is 32.4. The van der Waals surface area contributed by atoms with E-state index >= 15 is 0 Å². The summed E-state index contributed by atoms with van der Waals surface area (Å²) in [5.74, 6) is -2.87. The van der Waals surface area contributed by atoms with E-state index in [4.69, 9.17) is 4.74 Å². The Labute approximate surface area is 264 Å². The lowest BCUT2D eigenvalue weighted by molar-refractivity contribution is -0.146. The molecule has 0 bridgehead atoms. The molecular formula is C36H43N3O6. The summed E-state index contributed by atoms with van der Waals surface area (Å²) < 4.78 is 5.39. The third kappa shape index (κ3) is 12.0. The topological polar surface area (TPSA) is 134 Å². The number of ether oxygens (including phenoxy) is 1. The SMILES string of the molecule is C=CCCCCC(=O)OC[C@H](NC(=O)[C@H](CC=C)CC(=O)N[C@@H](CO)Cc1ccccc1)C(=O)Nc1ccc2ccccc2c1. The maximum absolute atomic E-state index is 13.4. The van der Waals surface area contributed by atoms with Gasteiger partial charge >= 0.3 is 5.97 Å². The molecule has 0 saturated carbocycles. The van der Waals surface area contributed by atoms with E-state index in [0.29, 0.717) is 18.5 Å². The lowest BCUT2D eigenvalue weighted by Crippen LogP contribution is -2.49. The van der Waals surface area contributed by atoms with Gasteiger partial charge in [0.15, 0.2) is 0 Å². The standard InChI is InChI=1S/C36H43N3O6/c1-3-5-6-10-18-34(42)45-25-32(36(44)38-30-20-19-27-16-11-12-17-28(27)22-30)39-35(43)29(13-4-2)23-33(41)37-31(24-40)21-26-14-8-7-9-15-26/h3-4,7-9,11-12,14-17,19-20,22,29,31-32,40H,1-2,5-6,10,13,18,21,23-25H2,(H,37,41)(H,38,44)(H,39,43)/t29-,31-,32+/m1/s1. The van der Waals surface area contributed by atoms with Crippen LogP contribution in [0.2, 0.25) is 0 Å². The number of allylic oxidation sites excluding steroid dienone is 2. The summed E-state index contributed by atoms with van der Waals surface area (Å²) in [6.07, 6.45) is 6.07. The largest absolute Gasteiger partial charge is 0.463 e. The van der Waals surface area contributed by atoms with Gasteiger partial charge in [0.2, 0.25) is 11.8 Å². The average molecular weight is 614 g/mol. The number of anilines is 1. The third-order valence-electron chi connectivity index (χ3n) is 7.26. The first-order valence-corrected chi connectivity index (χ1v) is 15.2. The number of aliphatic hydroxyl groups excluding tert-OH is 1. The van der Waals surface area contributed by atoms with Crippen LogP contribution >= 0.6 is 0 Å². The fraction of sp³-hybridized carbons (Fsp3) is 0.333. The Bertz CT molecular complexity index is 1440. The normalized spacial score (nSPS) is 12.7. The summed E-state index contributed by atoms with van der Waals surface area (Å²) in [5, 5.41) is 20.0. The van der Waals surface area contributed by atoms with Crippen molar-refractivity contribution >= 4 is 40.2 Å². The summed E-state index contributed by atoms with van der Waals surface area (Å²) in [4.78, 5) is 52.1. The number of carbonyl (C=O) groups is 4. The highest BCUT2D eigenvalue weighted by atomic mass is 16.5. The van der Waals surface area contributed by atoms with Crippen molar-refractivity contribution in [3.05, 3.63) is 104 Å². The molecule has 0 fully saturated rings. The summed E-state index contributed by atoms with van der Waals surface area (Å²) >= 11 is 0. The summed E-state index contributed by atoms with van der Waals surface area (Å²) in [6, 6.07) is 20.8. The minimum Gasteiger partial charge on any atom is -0.463 e. The molecule has 4 N–H and O–H groups in total. The van der Waals surface area contributed by atoms with E-state index in [0.717, 1.165) is 29.2 Å². The predicted molar refractivity (Wildman–Crippen MR) is 176 cm³/mol. The van der Waals surface area contributed by atoms with Crippen LogP contribution in [0.4, 0.5) is 5.69 Å².